The quantitative estimate of drug-likeness (QED) is 0.177. The number of nitrogens with one attached hydrogen (secondary N) is 1. The number of amides is 3. The van der Waals surface area contributed by atoms with Crippen molar-refractivity contribution in [2.45, 2.75) is 37.4 Å². The van der Waals surface area contributed by atoms with Crippen molar-refractivity contribution in [3.05, 3.63) is 30.3 Å². The van der Waals surface area contributed by atoms with Gasteiger partial charge in [0, 0.05) is 0 Å². The second-order valence-electron chi connectivity index (χ2n) is 8.49. The number of aliphatic hydroxyl groups is 2. The Balaban J connectivity index is 1.88. The van der Waals surface area contributed by atoms with Crippen LogP contribution in [0, 0.1) is 0 Å². The third kappa shape index (κ3) is 6.62. The Morgan fingerprint density at radius 2 is 1.79 bits per heavy atom. The van der Waals surface area contributed by atoms with E-state index in [9.17, 15) is 34.0 Å². The zero-order chi connectivity index (χ0) is 28.1. The Morgan fingerprint density at radius 1 is 1.18 bits per heavy atom. The van der Waals surface area contributed by atoms with E-state index in [1.165, 1.54) is 25.3 Å². The van der Waals surface area contributed by atoms with Gasteiger partial charge in [0.1, 0.15) is 37.5 Å². The van der Waals surface area contributed by atoms with Crippen molar-refractivity contribution in [3.63, 3.8) is 0 Å². The number of imide groups is 1. The van der Waals surface area contributed by atoms with E-state index in [0.717, 1.165) is 23.5 Å². The SMILES string of the molecule is COC(=O)CN(CC(=O)OC)[P@@](=O)(OC[C@H]1O[C@@H]([N+]2=CCC(=O)NC2=O)[C@](C)(O)[C@@H]1O)Oc1ccccc1. The molecule has 0 saturated carbocycles. The molecule has 0 spiro atoms. The largest absolute Gasteiger partial charge is 0.500 e. The van der Waals surface area contributed by atoms with Gasteiger partial charge in [-0.15, -0.1) is 0 Å². The Morgan fingerprint density at radius 3 is 2.34 bits per heavy atom. The van der Waals surface area contributed by atoms with Crippen molar-refractivity contribution in [1.29, 1.82) is 0 Å². The van der Waals surface area contributed by atoms with Crippen LogP contribution in [0.1, 0.15) is 13.3 Å². The van der Waals surface area contributed by atoms with E-state index < -0.39 is 75.4 Å². The van der Waals surface area contributed by atoms with Crippen LogP contribution in [0.25, 0.3) is 0 Å². The molecule has 0 bridgehead atoms. The van der Waals surface area contributed by atoms with Crippen LogP contribution in [0.15, 0.2) is 30.3 Å². The molecular weight excluding hydrogens is 529 g/mol. The van der Waals surface area contributed by atoms with Crippen LogP contribution < -0.4 is 9.84 Å². The normalized spacial score (nSPS) is 26.8. The standard InChI is InChI=1S/C22H28N3O12P/c1-22(31)19(29)15(36-20(22)25-10-9-16(26)23-21(25)30)13-35-38(32,37-14-7-5-4-6-8-14)24(11-17(27)33-2)12-18(28)34-3/h4-8,10,15,19-20,29,31H,9,11-13H2,1-3H3/p+1/t15-,19-,20-,22-,38-/m1/s1. The van der Waals surface area contributed by atoms with Crippen molar-refractivity contribution >= 4 is 37.8 Å². The van der Waals surface area contributed by atoms with Gasteiger partial charge in [0.05, 0.1) is 27.0 Å². The number of urea groups is 1. The second kappa shape index (κ2) is 12.1. The Labute approximate surface area is 217 Å². The monoisotopic (exact) mass is 558 g/mol. The molecule has 2 aliphatic rings. The zero-order valence-electron chi connectivity index (χ0n) is 20.8. The van der Waals surface area contributed by atoms with Gasteiger partial charge in [-0.1, -0.05) is 18.2 Å². The molecule has 3 N–H and O–H groups in total. The minimum atomic E-state index is -4.57. The summed E-state index contributed by atoms with van der Waals surface area (Å²) in [6.07, 6.45) is -3.43. The van der Waals surface area contributed by atoms with Crippen LogP contribution in [-0.2, 0) is 37.7 Å². The fraction of sp³-hybridized carbons (Fsp3) is 0.500. The highest BCUT2D eigenvalue weighted by Crippen LogP contribution is 2.52. The maximum atomic E-state index is 14.0. The molecule has 2 heterocycles. The molecule has 0 aliphatic carbocycles. The summed E-state index contributed by atoms with van der Waals surface area (Å²) in [5, 5.41) is 23.7. The molecule has 3 amide bonds. The van der Waals surface area contributed by atoms with Crippen molar-refractivity contribution < 1.29 is 61.8 Å². The van der Waals surface area contributed by atoms with Gasteiger partial charge in [0.2, 0.25) is 6.23 Å². The summed E-state index contributed by atoms with van der Waals surface area (Å²) in [6.45, 7) is -0.853. The lowest BCUT2D eigenvalue weighted by Gasteiger charge is -2.29. The maximum Gasteiger partial charge on any atom is 0.500 e. The number of hydrogen-bond acceptors (Lipinski definition) is 12. The number of carbonyl (C=O) groups excluding carboxylic acids is 4. The molecule has 2 aliphatic heterocycles. The van der Waals surface area contributed by atoms with Gasteiger partial charge in [-0.2, -0.15) is 19.4 Å². The number of carbonyl (C=O) groups is 4. The predicted molar refractivity (Wildman–Crippen MR) is 126 cm³/mol. The van der Waals surface area contributed by atoms with E-state index in [0.29, 0.717) is 0 Å². The predicted octanol–water partition coefficient (Wildman–Crippen LogP) is -0.602. The molecule has 1 aromatic carbocycles. The molecule has 15 nitrogen and oxygen atoms in total. The summed E-state index contributed by atoms with van der Waals surface area (Å²) in [6, 6.07) is 6.88. The highest BCUT2D eigenvalue weighted by Gasteiger charge is 2.58. The first kappa shape index (κ1) is 29.4. The van der Waals surface area contributed by atoms with Gasteiger partial charge < -0.3 is 28.9 Å². The van der Waals surface area contributed by atoms with Gasteiger partial charge in [-0.05, 0) is 19.1 Å². The summed E-state index contributed by atoms with van der Waals surface area (Å²) in [5.74, 6) is -2.22. The van der Waals surface area contributed by atoms with Crippen molar-refractivity contribution in [1.82, 2.24) is 9.99 Å². The highest BCUT2D eigenvalue weighted by molar-refractivity contribution is 7.51. The number of nitrogens with zero attached hydrogens (tertiary/aromatic N) is 2. The van der Waals surface area contributed by atoms with Crippen LogP contribution in [-0.4, -0.2) is 108 Å². The maximum absolute atomic E-state index is 14.0. The summed E-state index contributed by atoms with van der Waals surface area (Å²) in [5.41, 5.74) is -2.04. The van der Waals surface area contributed by atoms with Crippen molar-refractivity contribution in [2.24, 2.45) is 0 Å². The molecule has 0 radical (unpaired) electrons. The molecule has 1 fully saturated rings. The van der Waals surface area contributed by atoms with Gasteiger partial charge in [0.25, 0.3) is 0 Å². The van der Waals surface area contributed by atoms with Gasteiger partial charge in [-0.25, -0.2) is 9.36 Å². The zero-order valence-corrected chi connectivity index (χ0v) is 21.7. The number of hydrogen-bond donors (Lipinski definition) is 3. The number of methoxy groups -OCH3 is 2. The average molecular weight is 558 g/mol. The number of esters is 2. The van der Waals surface area contributed by atoms with E-state index >= 15 is 0 Å². The Kier molecular flexibility index (Phi) is 9.35. The Bertz CT molecular complexity index is 1120. The smallest absolute Gasteiger partial charge is 0.468 e. The van der Waals surface area contributed by atoms with Crippen LogP contribution in [0.4, 0.5) is 4.79 Å². The number of aliphatic hydroxyl groups excluding tert-OH is 1. The third-order valence-corrected chi connectivity index (χ3v) is 7.64. The molecule has 38 heavy (non-hydrogen) atoms. The van der Waals surface area contributed by atoms with Crippen molar-refractivity contribution in [2.75, 3.05) is 33.9 Å². The first-order valence-electron chi connectivity index (χ1n) is 11.3. The summed E-state index contributed by atoms with van der Waals surface area (Å²) in [7, 11) is -2.38. The van der Waals surface area contributed by atoms with Crippen LogP contribution in [0.5, 0.6) is 5.75 Å². The Hall–Kier alpha value is -3.20. The number of benzene rings is 1. The van der Waals surface area contributed by atoms with Crippen molar-refractivity contribution in [3.8, 4) is 5.75 Å². The van der Waals surface area contributed by atoms with E-state index in [-0.39, 0.29) is 12.2 Å². The molecule has 5 atom stereocenters. The lowest BCUT2D eigenvalue weighted by atomic mass is 9.96. The van der Waals surface area contributed by atoms with Crippen LogP contribution in [0.3, 0.4) is 0 Å². The fourth-order valence-corrected chi connectivity index (χ4v) is 5.32. The summed E-state index contributed by atoms with van der Waals surface area (Å²) < 4.78 is 41.9. The molecule has 0 unspecified atom stereocenters. The molecular formula is C22H29N3O12P+. The van der Waals surface area contributed by atoms with Crippen LogP contribution in [0.2, 0.25) is 0 Å². The minimum absolute atomic E-state index is 0.0672. The minimum Gasteiger partial charge on any atom is -0.468 e. The highest BCUT2D eigenvalue weighted by atomic mass is 31.2. The molecule has 0 aromatic heterocycles. The lowest BCUT2D eigenvalue weighted by molar-refractivity contribution is -0.546. The first-order valence-corrected chi connectivity index (χ1v) is 12.8. The summed E-state index contributed by atoms with van der Waals surface area (Å²) in [4.78, 5) is 47.8. The molecule has 1 saturated heterocycles. The molecule has 208 valence electrons. The lowest BCUT2D eigenvalue weighted by Crippen LogP contribution is -2.55. The van der Waals surface area contributed by atoms with Gasteiger partial charge >= 0.3 is 31.6 Å². The van der Waals surface area contributed by atoms with E-state index in [1.54, 1.807) is 18.2 Å². The first-order chi connectivity index (χ1) is 17.9. The second-order valence-corrected chi connectivity index (χ2v) is 10.4. The third-order valence-electron chi connectivity index (χ3n) is 5.75. The van der Waals surface area contributed by atoms with Crippen LogP contribution >= 0.6 is 7.75 Å². The van der Waals surface area contributed by atoms with Gasteiger partial charge in [0.15, 0.2) is 5.60 Å². The van der Waals surface area contributed by atoms with E-state index in [2.05, 4.69) is 14.8 Å². The topological polar surface area (TPSA) is 190 Å². The fourth-order valence-electron chi connectivity index (χ4n) is 3.68. The van der Waals surface area contributed by atoms with Gasteiger partial charge in [-0.3, -0.25) is 14.1 Å². The number of para-hydroxylation sites is 1. The number of ether oxygens (including phenoxy) is 3. The molecule has 3 rings (SSSR count). The summed E-state index contributed by atoms with van der Waals surface area (Å²) >= 11 is 0. The van der Waals surface area contributed by atoms with E-state index in [1.807, 2.05) is 0 Å². The van der Waals surface area contributed by atoms with E-state index in [4.69, 9.17) is 13.8 Å². The molecule has 1 aromatic rings. The average Bonchev–Trinajstić information content (AvgIpc) is 3.10. The molecule has 16 heteroatoms. The number of rotatable bonds is 11.